The fourth-order valence-corrected chi connectivity index (χ4v) is 3.04. The molecule has 0 bridgehead atoms. The molecule has 0 atom stereocenters. The van der Waals surface area contributed by atoms with E-state index >= 15 is 0 Å². The molecule has 0 radical (unpaired) electrons. The van der Waals surface area contributed by atoms with Crippen LogP contribution in [0.15, 0.2) is 58.3 Å². The molecule has 24 heavy (non-hydrogen) atoms. The zero-order valence-corrected chi connectivity index (χ0v) is 14.1. The summed E-state index contributed by atoms with van der Waals surface area (Å²) < 4.78 is 7.43. The molecule has 0 spiro atoms. The third kappa shape index (κ3) is 3.86. The molecule has 3 rings (SSSR count). The summed E-state index contributed by atoms with van der Waals surface area (Å²) in [6.07, 6.45) is 1.61. The van der Waals surface area contributed by atoms with E-state index in [4.69, 9.17) is 4.42 Å². The molecule has 2 aromatic heterocycles. The van der Waals surface area contributed by atoms with Gasteiger partial charge in [0.1, 0.15) is 0 Å². The van der Waals surface area contributed by atoms with E-state index < -0.39 is 0 Å². The van der Waals surface area contributed by atoms with Crippen molar-refractivity contribution in [2.45, 2.75) is 18.6 Å². The molecule has 0 saturated carbocycles. The monoisotopic (exact) mass is 342 g/mol. The van der Waals surface area contributed by atoms with Crippen LogP contribution in [0, 0.1) is 0 Å². The Hall–Kier alpha value is -2.54. The molecule has 2 heterocycles. The van der Waals surface area contributed by atoms with Crippen molar-refractivity contribution in [1.29, 1.82) is 0 Å². The third-order valence-electron chi connectivity index (χ3n) is 3.35. The van der Waals surface area contributed by atoms with Crippen molar-refractivity contribution in [3.05, 3.63) is 54.3 Å². The van der Waals surface area contributed by atoms with Crippen molar-refractivity contribution in [3.63, 3.8) is 0 Å². The van der Waals surface area contributed by atoms with Gasteiger partial charge in [-0.05, 0) is 24.6 Å². The smallest absolute Gasteiger partial charge is 0.230 e. The van der Waals surface area contributed by atoms with Gasteiger partial charge in [0.15, 0.2) is 10.9 Å². The summed E-state index contributed by atoms with van der Waals surface area (Å²) in [5.74, 6) is 1.60. The highest BCUT2D eigenvalue weighted by Crippen LogP contribution is 2.25. The van der Waals surface area contributed by atoms with Gasteiger partial charge in [-0.3, -0.25) is 9.36 Å². The van der Waals surface area contributed by atoms with Crippen LogP contribution in [-0.4, -0.2) is 33.0 Å². The maximum atomic E-state index is 11.7. The zero-order valence-electron chi connectivity index (χ0n) is 13.3. The van der Waals surface area contributed by atoms with E-state index in [2.05, 4.69) is 15.5 Å². The lowest BCUT2D eigenvalue weighted by atomic mass is 10.2. The Balaban J connectivity index is 1.86. The Labute approximate surface area is 144 Å². The first-order chi connectivity index (χ1) is 11.8. The Kier molecular flexibility index (Phi) is 5.32. The van der Waals surface area contributed by atoms with Crippen LogP contribution in [0.4, 0.5) is 0 Å². The van der Waals surface area contributed by atoms with Crippen LogP contribution in [0.2, 0.25) is 0 Å². The zero-order chi connectivity index (χ0) is 16.8. The van der Waals surface area contributed by atoms with E-state index in [9.17, 15) is 4.79 Å². The number of aromatic nitrogens is 3. The van der Waals surface area contributed by atoms with E-state index in [1.54, 1.807) is 6.26 Å². The number of amides is 1. The summed E-state index contributed by atoms with van der Waals surface area (Å²) in [7, 11) is 0. The van der Waals surface area contributed by atoms with Gasteiger partial charge in [-0.15, -0.1) is 10.2 Å². The minimum atomic E-state index is -0.0173. The highest BCUT2D eigenvalue weighted by atomic mass is 32.2. The highest BCUT2D eigenvalue weighted by molar-refractivity contribution is 7.99. The molecule has 0 aliphatic carbocycles. The van der Waals surface area contributed by atoms with E-state index in [0.29, 0.717) is 35.6 Å². The van der Waals surface area contributed by atoms with Gasteiger partial charge < -0.3 is 9.73 Å². The SMILES string of the molecule is CCNC(=O)CSc1nnc(-c2ccco2)n1Cc1ccccc1. The fourth-order valence-electron chi connectivity index (χ4n) is 2.27. The van der Waals surface area contributed by atoms with Crippen LogP contribution in [0.5, 0.6) is 0 Å². The summed E-state index contributed by atoms with van der Waals surface area (Å²) in [5, 5.41) is 12.0. The predicted octanol–water partition coefficient (Wildman–Crippen LogP) is 2.81. The quantitative estimate of drug-likeness (QED) is 0.669. The van der Waals surface area contributed by atoms with Crippen LogP contribution in [0.1, 0.15) is 12.5 Å². The van der Waals surface area contributed by atoms with Crippen molar-refractivity contribution >= 4 is 17.7 Å². The first kappa shape index (κ1) is 16.3. The van der Waals surface area contributed by atoms with Gasteiger partial charge >= 0.3 is 0 Å². The maximum Gasteiger partial charge on any atom is 0.230 e. The fraction of sp³-hybridized carbons (Fsp3) is 0.235. The van der Waals surface area contributed by atoms with E-state index in [0.717, 1.165) is 5.56 Å². The average Bonchev–Trinajstić information content (AvgIpc) is 3.24. The molecular formula is C17H18N4O2S. The van der Waals surface area contributed by atoms with Crippen molar-refractivity contribution < 1.29 is 9.21 Å². The van der Waals surface area contributed by atoms with Crippen molar-refractivity contribution in [2.75, 3.05) is 12.3 Å². The number of benzene rings is 1. The summed E-state index contributed by atoms with van der Waals surface area (Å²) in [6.45, 7) is 3.13. The molecule has 0 aliphatic heterocycles. The Morgan fingerprint density at radius 3 is 2.75 bits per heavy atom. The molecule has 124 valence electrons. The summed E-state index contributed by atoms with van der Waals surface area (Å²) in [5.41, 5.74) is 1.13. The number of nitrogens with zero attached hydrogens (tertiary/aromatic N) is 3. The van der Waals surface area contributed by atoms with Gasteiger partial charge in [0, 0.05) is 6.54 Å². The molecule has 7 heteroatoms. The second-order valence-electron chi connectivity index (χ2n) is 5.10. The standard InChI is InChI=1S/C17H18N4O2S/c1-2-18-15(22)12-24-17-20-19-16(14-9-6-10-23-14)21(17)11-13-7-4-3-5-8-13/h3-10H,2,11-12H2,1H3,(H,18,22). The van der Waals surface area contributed by atoms with Crippen molar-refractivity contribution in [1.82, 2.24) is 20.1 Å². The van der Waals surface area contributed by atoms with Crippen molar-refractivity contribution in [3.8, 4) is 11.6 Å². The number of carbonyl (C=O) groups is 1. The molecule has 1 amide bonds. The number of carbonyl (C=O) groups excluding carboxylic acids is 1. The number of furan rings is 1. The molecule has 0 fully saturated rings. The van der Waals surface area contributed by atoms with Crippen LogP contribution < -0.4 is 5.32 Å². The number of thioether (sulfide) groups is 1. The maximum absolute atomic E-state index is 11.7. The number of hydrogen-bond acceptors (Lipinski definition) is 5. The topological polar surface area (TPSA) is 73.0 Å². The first-order valence-corrected chi connectivity index (χ1v) is 8.67. The summed E-state index contributed by atoms with van der Waals surface area (Å²) in [4.78, 5) is 11.7. The second-order valence-corrected chi connectivity index (χ2v) is 6.04. The van der Waals surface area contributed by atoms with E-state index in [1.807, 2.05) is 54.0 Å². The van der Waals surface area contributed by atoms with Gasteiger partial charge in [-0.1, -0.05) is 42.1 Å². The van der Waals surface area contributed by atoms with Crippen LogP contribution in [-0.2, 0) is 11.3 Å². The minimum Gasteiger partial charge on any atom is -0.461 e. The Morgan fingerprint density at radius 2 is 2.04 bits per heavy atom. The van der Waals surface area contributed by atoms with Gasteiger partial charge in [-0.25, -0.2) is 0 Å². The number of hydrogen-bond donors (Lipinski definition) is 1. The lowest BCUT2D eigenvalue weighted by molar-refractivity contribution is -0.118. The average molecular weight is 342 g/mol. The molecule has 0 saturated heterocycles. The lowest BCUT2D eigenvalue weighted by Gasteiger charge is -2.09. The third-order valence-corrected chi connectivity index (χ3v) is 4.31. The predicted molar refractivity (Wildman–Crippen MR) is 92.7 cm³/mol. The number of rotatable bonds is 7. The van der Waals surface area contributed by atoms with Crippen LogP contribution >= 0.6 is 11.8 Å². The lowest BCUT2D eigenvalue weighted by Crippen LogP contribution is -2.24. The first-order valence-electron chi connectivity index (χ1n) is 7.68. The van der Waals surface area contributed by atoms with Gasteiger partial charge in [-0.2, -0.15) is 0 Å². The molecule has 3 aromatic rings. The largest absolute Gasteiger partial charge is 0.461 e. The molecule has 1 aromatic carbocycles. The second kappa shape index (κ2) is 7.83. The van der Waals surface area contributed by atoms with Crippen LogP contribution in [0.25, 0.3) is 11.6 Å². The number of nitrogens with one attached hydrogen (secondary N) is 1. The molecule has 6 nitrogen and oxygen atoms in total. The van der Waals surface area contributed by atoms with Gasteiger partial charge in [0.25, 0.3) is 0 Å². The normalized spacial score (nSPS) is 10.7. The Bertz CT molecular complexity index is 784. The minimum absolute atomic E-state index is 0.0173. The van der Waals surface area contributed by atoms with E-state index in [1.165, 1.54) is 11.8 Å². The molecular weight excluding hydrogens is 324 g/mol. The summed E-state index contributed by atoms with van der Waals surface area (Å²) >= 11 is 1.37. The molecule has 1 N–H and O–H groups in total. The molecule has 0 aliphatic rings. The molecule has 0 unspecified atom stereocenters. The van der Waals surface area contributed by atoms with Crippen LogP contribution in [0.3, 0.4) is 0 Å². The Morgan fingerprint density at radius 1 is 1.21 bits per heavy atom. The summed E-state index contributed by atoms with van der Waals surface area (Å²) in [6, 6.07) is 13.7. The highest BCUT2D eigenvalue weighted by Gasteiger charge is 2.17. The van der Waals surface area contributed by atoms with Gasteiger partial charge in [0.2, 0.25) is 11.7 Å². The van der Waals surface area contributed by atoms with Crippen molar-refractivity contribution in [2.24, 2.45) is 0 Å². The van der Waals surface area contributed by atoms with Gasteiger partial charge in [0.05, 0.1) is 18.6 Å². The van der Waals surface area contributed by atoms with E-state index in [-0.39, 0.29) is 5.91 Å².